The summed E-state index contributed by atoms with van der Waals surface area (Å²) in [7, 11) is 0. The summed E-state index contributed by atoms with van der Waals surface area (Å²) in [5, 5.41) is 0. The molecule has 1 saturated heterocycles. The average molecular weight is 289 g/mol. The van der Waals surface area contributed by atoms with Crippen molar-refractivity contribution in [3.8, 4) is 0 Å². The highest BCUT2D eigenvalue weighted by Gasteiger charge is 2.34. The molecule has 4 heteroatoms. The van der Waals surface area contributed by atoms with E-state index < -0.39 is 11.9 Å². The van der Waals surface area contributed by atoms with Gasteiger partial charge in [-0.15, -0.1) is 0 Å². The fourth-order valence-electron chi connectivity index (χ4n) is 2.82. The third-order valence-corrected chi connectivity index (χ3v) is 3.99. The van der Waals surface area contributed by atoms with Gasteiger partial charge in [-0.05, 0) is 38.2 Å². The maximum absolute atomic E-state index is 12.3. The monoisotopic (exact) mass is 289 g/mol. The maximum atomic E-state index is 12.3. The van der Waals surface area contributed by atoms with Crippen molar-refractivity contribution in [3.63, 3.8) is 0 Å². The van der Waals surface area contributed by atoms with Crippen LogP contribution >= 0.6 is 0 Å². The van der Waals surface area contributed by atoms with E-state index in [1.54, 1.807) is 11.8 Å². The number of amides is 1. The van der Waals surface area contributed by atoms with Crippen LogP contribution in [-0.2, 0) is 14.3 Å². The van der Waals surface area contributed by atoms with Gasteiger partial charge in [-0.2, -0.15) is 0 Å². The van der Waals surface area contributed by atoms with Crippen molar-refractivity contribution in [1.29, 1.82) is 0 Å². The van der Waals surface area contributed by atoms with E-state index in [0.717, 1.165) is 18.4 Å². The number of benzene rings is 1. The lowest BCUT2D eigenvalue weighted by Gasteiger charge is -2.38. The number of hydrogen-bond acceptors (Lipinski definition) is 3. The Morgan fingerprint density at radius 1 is 1.24 bits per heavy atom. The Bertz CT molecular complexity index is 509. The quantitative estimate of drug-likeness (QED) is 0.621. The first-order chi connectivity index (χ1) is 10.0. The predicted molar refractivity (Wildman–Crippen MR) is 80.7 cm³/mol. The molecule has 1 heterocycles. The smallest absolute Gasteiger partial charge is 0.397 e. The van der Waals surface area contributed by atoms with Gasteiger partial charge in [0, 0.05) is 6.54 Å². The van der Waals surface area contributed by atoms with Crippen molar-refractivity contribution < 1.29 is 14.3 Å². The van der Waals surface area contributed by atoms with Crippen LogP contribution in [0.5, 0.6) is 0 Å². The number of ether oxygens (including phenoxy) is 1. The Balaban J connectivity index is 2.22. The molecular weight excluding hydrogens is 266 g/mol. The summed E-state index contributed by atoms with van der Waals surface area (Å²) in [6.45, 7) is 6.69. The van der Waals surface area contributed by atoms with Crippen molar-refractivity contribution >= 4 is 11.9 Å². The number of carbonyl (C=O) groups excluding carboxylic acids is 2. The fourth-order valence-corrected chi connectivity index (χ4v) is 2.82. The normalized spacial score (nSPS) is 22.0. The van der Waals surface area contributed by atoms with E-state index in [4.69, 9.17) is 4.74 Å². The van der Waals surface area contributed by atoms with Gasteiger partial charge in [0.05, 0.1) is 12.6 Å². The molecule has 114 valence electrons. The first-order valence-corrected chi connectivity index (χ1v) is 7.57. The Kier molecular flexibility index (Phi) is 4.99. The topological polar surface area (TPSA) is 46.6 Å². The summed E-state index contributed by atoms with van der Waals surface area (Å²) in [4.78, 5) is 25.8. The number of carbonyl (C=O) groups is 2. The van der Waals surface area contributed by atoms with Gasteiger partial charge in [0.2, 0.25) is 0 Å². The number of piperidine rings is 1. The second-order valence-electron chi connectivity index (χ2n) is 5.79. The summed E-state index contributed by atoms with van der Waals surface area (Å²) in [6.07, 6.45) is 1.94. The second kappa shape index (κ2) is 6.74. The maximum Gasteiger partial charge on any atom is 0.397 e. The summed E-state index contributed by atoms with van der Waals surface area (Å²) in [6, 6.07) is 8.14. The minimum Gasteiger partial charge on any atom is -0.459 e. The van der Waals surface area contributed by atoms with Crippen LogP contribution in [0.4, 0.5) is 0 Å². The van der Waals surface area contributed by atoms with E-state index in [1.165, 1.54) is 5.56 Å². The van der Waals surface area contributed by atoms with Gasteiger partial charge >= 0.3 is 11.9 Å². The highest BCUT2D eigenvalue weighted by atomic mass is 16.5. The van der Waals surface area contributed by atoms with Gasteiger partial charge in [0.1, 0.15) is 0 Å². The lowest BCUT2D eigenvalue weighted by molar-refractivity contribution is -0.162. The van der Waals surface area contributed by atoms with E-state index in [-0.39, 0.29) is 12.6 Å². The van der Waals surface area contributed by atoms with Crippen LogP contribution in [0.25, 0.3) is 0 Å². The van der Waals surface area contributed by atoms with Crippen LogP contribution in [0.1, 0.15) is 43.9 Å². The molecule has 2 atom stereocenters. The van der Waals surface area contributed by atoms with Gasteiger partial charge in [-0.25, -0.2) is 4.79 Å². The zero-order chi connectivity index (χ0) is 15.4. The summed E-state index contributed by atoms with van der Waals surface area (Å²) in [5.74, 6) is -0.859. The van der Waals surface area contributed by atoms with Crippen molar-refractivity contribution in [1.82, 2.24) is 4.90 Å². The molecular formula is C17H23NO3. The van der Waals surface area contributed by atoms with Gasteiger partial charge in [0.25, 0.3) is 0 Å². The fraction of sp³-hybridized carbons (Fsp3) is 0.529. The van der Waals surface area contributed by atoms with Crippen LogP contribution in [0, 0.1) is 12.8 Å². The summed E-state index contributed by atoms with van der Waals surface area (Å²) >= 11 is 0. The number of hydrogen-bond donors (Lipinski definition) is 0. The third kappa shape index (κ3) is 3.63. The van der Waals surface area contributed by atoms with Crippen LogP contribution in [0.2, 0.25) is 0 Å². The molecule has 1 amide bonds. The molecule has 0 bridgehead atoms. The molecule has 2 unspecified atom stereocenters. The molecule has 0 N–H and O–H groups in total. The number of esters is 1. The van der Waals surface area contributed by atoms with Gasteiger partial charge < -0.3 is 9.64 Å². The molecule has 1 aliphatic heterocycles. The highest BCUT2D eigenvalue weighted by Crippen LogP contribution is 2.33. The minimum atomic E-state index is -0.747. The molecule has 4 nitrogen and oxygen atoms in total. The molecule has 0 radical (unpaired) electrons. The Hall–Kier alpha value is -1.84. The lowest BCUT2D eigenvalue weighted by atomic mass is 9.89. The lowest BCUT2D eigenvalue weighted by Crippen LogP contribution is -2.45. The molecule has 0 aromatic heterocycles. The van der Waals surface area contributed by atoms with Crippen LogP contribution < -0.4 is 0 Å². The van der Waals surface area contributed by atoms with E-state index in [2.05, 4.69) is 6.92 Å². The Morgan fingerprint density at radius 3 is 2.52 bits per heavy atom. The predicted octanol–water partition coefficient (Wildman–Crippen LogP) is 2.86. The van der Waals surface area contributed by atoms with Crippen molar-refractivity contribution in [2.75, 3.05) is 13.2 Å². The summed E-state index contributed by atoms with van der Waals surface area (Å²) < 4.78 is 4.87. The van der Waals surface area contributed by atoms with Crippen LogP contribution in [-0.4, -0.2) is 29.9 Å². The van der Waals surface area contributed by atoms with E-state index in [9.17, 15) is 9.59 Å². The molecule has 0 spiro atoms. The number of nitrogens with zero attached hydrogens (tertiary/aromatic N) is 1. The van der Waals surface area contributed by atoms with E-state index >= 15 is 0 Å². The van der Waals surface area contributed by atoms with Crippen LogP contribution in [0.3, 0.4) is 0 Å². The zero-order valence-electron chi connectivity index (χ0n) is 13.0. The van der Waals surface area contributed by atoms with Crippen molar-refractivity contribution in [2.24, 2.45) is 5.92 Å². The molecule has 1 aromatic carbocycles. The Morgan fingerprint density at radius 2 is 1.90 bits per heavy atom. The first-order valence-electron chi connectivity index (χ1n) is 7.57. The van der Waals surface area contributed by atoms with Gasteiger partial charge in [0.15, 0.2) is 0 Å². The van der Waals surface area contributed by atoms with Crippen LogP contribution in [0.15, 0.2) is 24.3 Å². The molecule has 1 aliphatic rings. The van der Waals surface area contributed by atoms with Crippen molar-refractivity contribution in [3.05, 3.63) is 35.4 Å². The second-order valence-corrected chi connectivity index (χ2v) is 5.79. The number of rotatable bonds is 2. The third-order valence-electron chi connectivity index (χ3n) is 3.99. The SMILES string of the molecule is CCOC(=O)C(=O)N1CC(C)CCC1c1ccc(C)cc1. The average Bonchev–Trinajstić information content (AvgIpc) is 2.47. The van der Waals surface area contributed by atoms with Gasteiger partial charge in [-0.3, -0.25) is 4.79 Å². The number of aryl methyl sites for hydroxylation is 1. The minimum absolute atomic E-state index is 0.0290. The van der Waals surface area contributed by atoms with Gasteiger partial charge in [-0.1, -0.05) is 36.8 Å². The highest BCUT2D eigenvalue weighted by molar-refractivity contribution is 6.32. The first kappa shape index (κ1) is 15.5. The van der Waals surface area contributed by atoms with E-state index in [0.29, 0.717) is 12.5 Å². The number of likely N-dealkylation sites (tertiary alicyclic amines) is 1. The summed E-state index contributed by atoms with van der Waals surface area (Å²) in [5.41, 5.74) is 2.27. The standard InChI is InChI=1S/C17H23NO3/c1-4-21-17(20)16(19)18-11-13(3)7-10-15(18)14-8-5-12(2)6-9-14/h5-6,8-9,13,15H,4,7,10-11H2,1-3H3. The van der Waals surface area contributed by atoms with Crippen molar-refractivity contribution in [2.45, 2.75) is 39.7 Å². The molecule has 21 heavy (non-hydrogen) atoms. The zero-order valence-corrected chi connectivity index (χ0v) is 13.0. The molecule has 0 saturated carbocycles. The Labute approximate surface area is 126 Å². The molecule has 1 fully saturated rings. The molecule has 0 aliphatic carbocycles. The molecule has 2 rings (SSSR count). The van der Waals surface area contributed by atoms with E-state index in [1.807, 2.05) is 31.2 Å². The molecule has 1 aromatic rings. The largest absolute Gasteiger partial charge is 0.459 e.